The van der Waals surface area contributed by atoms with Crippen LogP contribution < -0.4 is 10.9 Å². The Balaban J connectivity index is 1.72. The van der Waals surface area contributed by atoms with Gasteiger partial charge >= 0.3 is 5.97 Å². The standard InChI is InChI=1S/C20H17N3O5/c1-11(24)13-7-9-14(10-8-13)21-18(25)12(2)28-20(27)17-15-5-3-4-6-16(15)19(26)23-22-17/h3-10,12H,1-2H3,(H,21,25)(H,23,26)/t12-/m0/s1. The first-order valence-electron chi connectivity index (χ1n) is 8.47. The lowest BCUT2D eigenvalue weighted by atomic mass is 10.1. The average Bonchev–Trinajstić information content (AvgIpc) is 2.68. The number of fused-ring (bicyclic) bond motifs is 1. The fourth-order valence-electron chi connectivity index (χ4n) is 2.57. The van der Waals surface area contributed by atoms with Crippen LogP contribution in [0.25, 0.3) is 10.8 Å². The Morgan fingerprint density at radius 2 is 1.68 bits per heavy atom. The van der Waals surface area contributed by atoms with Gasteiger partial charge in [0, 0.05) is 16.6 Å². The molecule has 0 bridgehead atoms. The second kappa shape index (κ2) is 7.83. The third kappa shape index (κ3) is 3.96. The smallest absolute Gasteiger partial charge is 0.360 e. The van der Waals surface area contributed by atoms with E-state index in [-0.39, 0.29) is 11.5 Å². The molecule has 2 aromatic carbocycles. The van der Waals surface area contributed by atoms with Crippen LogP contribution in [0.15, 0.2) is 53.3 Å². The molecule has 0 fully saturated rings. The van der Waals surface area contributed by atoms with Crippen molar-refractivity contribution in [3.05, 3.63) is 70.1 Å². The normalized spacial score (nSPS) is 11.6. The summed E-state index contributed by atoms with van der Waals surface area (Å²) in [4.78, 5) is 47.8. The summed E-state index contributed by atoms with van der Waals surface area (Å²) >= 11 is 0. The number of aromatic amines is 1. The monoisotopic (exact) mass is 379 g/mol. The zero-order valence-corrected chi connectivity index (χ0v) is 15.2. The lowest BCUT2D eigenvalue weighted by Gasteiger charge is -2.14. The molecule has 3 aromatic rings. The second-order valence-corrected chi connectivity index (χ2v) is 6.12. The molecular formula is C20H17N3O5. The number of nitrogens with one attached hydrogen (secondary N) is 2. The molecular weight excluding hydrogens is 362 g/mol. The minimum absolute atomic E-state index is 0.0826. The number of rotatable bonds is 5. The molecule has 1 amide bonds. The van der Waals surface area contributed by atoms with Crippen molar-refractivity contribution >= 4 is 34.1 Å². The van der Waals surface area contributed by atoms with Gasteiger partial charge in [0.15, 0.2) is 17.6 Å². The lowest BCUT2D eigenvalue weighted by Crippen LogP contribution is -2.30. The van der Waals surface area contributed by atoms with Gasteiger partial charge in [0.05, 0.1) is 5.39 Å². The van der Waals surface area contributed by atoms with Crippen molar-refractivity contribution < 1.29 is 19.1 Å². The molecule has 0 saturated carbocycles. The van der Waals surface area contributed by atoms with Crippen LogP contribution in [-0.4, -0.2) is 34.0 Å². The first kappa shape index (κ1) is 19.0. The summed E-state index contributed by atoms with van der Waals surface area (Å²) in [6.07, 6.45) is -1.10. The van der Waals surface area contributed by atoms with Gasteiger partial charge < -0.3 is 10.1 Å². The van der Waals surface area contributed by atoms with E-state index in [9.17, 15) is 19.2 Å². The van der Waals surface area contributed by atoms with Crippen LogP contribution >= 0.6 is 0 Å². The SMILES string of the molecule is CC(=O)c1ccc(NC(=O)[C@H](C)OC(=O)c2n[nH]c(=O)c3ccccc23)cc1. The fourth-order valence-corrected chi connectivity index (χ4v) is 2.57. The molecule has 0 aliphatic carbocycles. The number of hydrogen-bond donors (Lipinski definition) is 2. The number of carbonyl (C=O) groups is 3. The van der Waals surface area contributed by atoms with Crippen LogP contribution in [0.2, 0.25) is 0 Å². The van der Waals surface area contributed by atoms with E-state index >= 15 is 0 Å². The molecule has 8 nitrogen and oxygen atoms in total. The number of benzene rings is 2. The molecule has 1 atom stereocenters. The Morgan fingerprint density at radius 3 is 2.32 bits per heavy atom. The van der Waals surface area contributed by atoms with E-state index in [1.54, 1.807) is 48.5 Å². The molecule has 1 heterocycles. The van der Waals surface area contributed by atoms with Crippen LogP contribution in [-0.2, 0) is 9.53 Å². The molecule has 2 N–H and O–H groups in total. The molecule has 0 aliphatic rings. The van der Waals surface area contributed by atoms with Crippen molar-refractivity contribution in [3.8, 4) is 0 Å². The van der Waals surface area contributed by atoms with Gasteiger partial charge in [-0.15, -0.1) is 0 Å². The summed E-state index contributed by atoms with van der Waals surface area (Å²) in [5.74, 6) is -1.46. The molecule has 0 spiro atoms. The number of carbonyl (C=O) groups excluding carboxylic acids is 3. The van der Waals surface area contributed by atoms with Crippen LogP contribution in [0.1, 0.15) is 34.7 Å². The van der Waals surface area contributed by atoms with Gasteiger partial charge in [0.2, 0.25) is 0 Å². The molecule has 28 heavy (non-hydrogen) atoms. The zero-order chi connectivity index (χ0) is 20.3. The molecule has 0 radical (unpaired) electrons. The first-order valence-corrected chi connectivity index (χ1v) is 8.47. The highest BCUT2D eigenvalue weighted by Gasteiger charge is 2.22. The predicted octanol–water partition coefficient (Wildman–Crippen LogP) is 2.31. The third-order valence-electron chi connectivity index (χ3n) is 4.10. The number of anilines is 1. The van der Waals surface area contributed by atoms with Gasteiger partial charge in [-0.3, -0.25) is 14.4 Å². The molecule has 3 rings (SSSR count). The Bertz CT molecular complexity index is 1120. The number of aromatic nitrogens is 2. The number of ketones is 1. The van der Waals surface area contributed by atoms with Crippen LogP contribution in [0.5, 0.6) is 0 Å². The quantitative estimate of drug-likeness (QED) is 0.519. The van der Waals surface area contributed by atoms with Gasteiger partial charge in [-0.2, -0.15) is 5.10 Å². The Hall–Kier alpha value is -3.81. The van der Waals surface area contributed by atoms with Crippen molar-refractivity contribution in [2.24, 2.45) is 0 Å². The minimum atomic E-state index is -1.10. The number of Topliss-reactive ketones (excluding diaryl/α,β-unsaturated/α-hetero) is 1. The van der Waals surface area contributed by atoms with E-state index < -0.39 is 23.5 Å². The molecule has 8 heteroatoms. The van der Waals surface area contributed by atoms with Crippen molar-refractivity contribution in [1.82, 2.24) is 10.2 Å². The summed E-state index contributed by atoms with van der Waals surface area (Å²) in [6, 6.07) is 12.8. The van der Waals surface area contributed by atoms with Gasteiger partial charge in [0.25, 0.3) is 11.5 Å². The molecule has 1 aromatic heterocycles. The van der Waals surface area contributed by atoms with Crippen molar-refractivity contribution in [3.63, 3.8) is 0 Å². The highest BCUT2D eigenvalue weighted by molar-refractivity contribution is 6.03. The molecule has 0 unspecified atom stereocenters. The van der Waals surface area contributed by atoms with E-state index in [2.05, 4.69) is 15.5 Å². The topological polar surface area (TPSA) is 118 Å². The predicted molar refractivity (Wildman–Crippen MR) is 102 cm³/mol. The fraction of sp³-hybridized carbons (Fsp3) is 0.150. The number of amides is 1. The Labute approximate surface area is 159 Å². The van der Waals surface area contributed by atoms with Gasteiger partial charge in [-0.05, 0) is 44.2 Å². The van der Waals surface area contributed by atoms with Gasteiger partial charge in [-0.25, -0.2) is 9.89 Å². The average molecular weight is 379 g/mol. The van der Waals surface area contributed by atoms with Gasteiger partial charge in [0.1, 0.15) is 0 Å². The number of H-pyrrole nitrogens is 1. The largest absolute Gasteiger partial charge is 0.448 e. The zero-order valence-electron chi connectivity index (χ0n) is 15.2. The summed E-state index contributed by atoms with van der Waals surface area (Å²) < 4.78 is 5.19. The Kier molecular flexibility index (Phi) is 5.30. The van der Waals surface area contributed by atoms with Crippen molar-refractivity contribution in [2.45, 2.75) is 20.0 Å². The van der Waals surface area contributed by atoms with Gasteiger partial charge in [-0.1, -0.05) is 18.2 Å². The van der Waals surface area contributed by atoms with E-state index in [0.29, 0.717) is 22.0 Å². The molecule has 0 aliphatic heterocycles. The maximum Gasteiger partial charge on any atom is 0.360 e. The number of hydrogen-bond acceptors (Lipinski definition) is 6. The maximum atomic E-state index is 12.4. The number of nitrogens with zero attached hydrogens (tertiary/aromatic N) is 1. The lowest BCUT2D eigenvalue weighted by molar-refractivity contribution is -0.123. The van der Waals surface area contributed by atoms with Crippen LogP contribution in [0.3, 0.4) is 0 Å². The van der Waals surface area contributed by atoms with Crippen molar-refractivity contribution in [1.29, 1.82) is 0 Å². The summed E-state index contributed by atoms with van der Waals surface area (Å²) in [5.41, 5.74) is 0.478. The number of ether oxygens (including phenoxy) is 1. The highest BCUT2D eigenvalue weighted by Crippen LogP contribution is 2.15. The minimum Gasteiger partial charge on any atom is -0.448 e. The van der Waals surface area contributed by atoms with E-state index in [4.69, 9.17) is 4.74 Å². The maximum absolute atomic E-state index is 12.4. The highest BCUT2D eigenvalue weighted by atomic mass is 16.5. The first-order chi connectivity index (χ1) is 13.4. The molecule has 142 valence electrons. The second-order valence-electron chi connectivity index (χ2n) is 6.12. The van der Waals surface area contributed by atoms with E-state index in [1.165, 1.54) is 13.8 Å². The third-order valence-corrected chi connectivity index (χ3v) is 4.10. The van der Waals surface area contributed by atoms with E-state index in [1.807, 2.05) is 0 Å². The number of esters is 1. The van der Waals surface area contributed by atoms with Crippen LogP contribution in [0, 0.1) is 0 Å². The summed E-state index contributed by atoms with van der Waals surface area (Å²) in [5, 5.41) is 9.24. The molecule has 0 saturated heterocycles. The summed E-state index contributed by atoms with van der Waals surface area (Å²) in [7, 11) is 0. The van der Waals surface area contributed by atoms with E-state index in [0.717, 1.165) is 0 Å². The van der Waals surface area contributed by atoms with Crippen molar-refractivity contribution in [2.75, 3.05) is 5.32 Å². The summed E-state index contributed by atoms with van der Waals surface area (Å²) in [6.45, 7) is 2.87. The van der Waals surface area contributed by atoms with Crippen LogP contribution in [0.4, 0.5) is 5.69 Å². The Morgan fingerprint density at radius 1 is 1.04 bits per heavy atom.